The molecule has 0 aliphatic carbocycles. The van der Waals surface area contributed by atoms with Crippen LogP contribution in [0.15, 0.2) is 30.5 Å². The van der Waals surface area contributed by atoms with Crippen molar-refractivity contribution in [1.29, 1.82) is 0 Å². The Morgan fingerprint density at radius 2 is 2.21 bits per heavy atom. The summed E-state index contributed by atoms with van der Waals surface area (Å²) in [5, 5.41) is 0. The van der Waals surface area contributed by atoms with E-state index >= 15 is 0 Å². The standard InChI is InChI=1S/C18H22N4O2/c1-13-10-17(21-14(2)20-13)18(23)22(12-16-7-5-9-24-16)11-15-6-3-4-8-19-15/h3-4,6,8,10,16H,5,7,9,11-12H2,1-2H3/t16-/m0/s1. The van der Waals surface area contributed by atoms with E-state index in [0.29, 0.717) is 24.6 Å². The monoisotopic (exact) mass is 326 g/mol. The van der Waals surface area contributed by atoms with Crippen LogP contribution >= 0.6 is 0 Å². The average Bonchev–Trinajstić information content (AvgIpc) is 3.07. The van der Waals surface area contributed by atoms with Crippen LogP contribution in [-0.4, -0.2) is 45.0 Å². The summed E-state index contributed by atoms with van der Waals surface area (Å²) in [6, 6.07) is 7.45. The van der Waals surface area contributed by atoms with E-state index in [0.717, 1.165) is 30.8 Å². The molecule has 1 aliphatic heterocycles. The molecule has 6 nitrogen and oxygen atoms in total. The Hall–Kier alpha value is -2.34. The molecule has 126 valence electrons. The Kier molecular flexibility index (Phi) is 5.15. The predicted molar refractivity (Wildman–Crippen MR) is 89.5 cm³/mol. The van der Waals surface area contributed by atoms with Crippen molar-refractivity contribution >= 4 is 5.91 Å². The summed E-state index contributed by atoms with van der Waals surface area (Å²) in [4.78, 5) is 27.7. The molecule has 0 aromatic carbocycles. The number of aryl methyl sites for hydroxylation is 2. The van der Waals surface area contributed by atoms with E-state index in [4.69, 9.17) is 4.74 Å². The van der Waals surface area contributed by atoms with Crippen molar-refractivity contribution in [2.75, 3.05) is 13.2 Å². The van der Waals surface area contributed by atoms with Gasteiger partial charge >= 0.3 is 0 Å². The second-order valence-corrected chi connectivity index (χ2v) is 6.08. The van der Waals surface area contributed by atoms with Crippen LogP contribution in [-0.2, 0) is 11.3 Å². The quantitative estimate of drug-likeness (QED) is 0.843. The van der Waals surface area contributed by atoms with Gasteiger partial charge in [-0.05, 0) is 44.9 Å². The number of nitrogens with zero attached hydrogens (tertiary/aromatic N) is 4. The molecule has 1 atom stereocenters. The van der Waals surface area contributed by atoms with Crippen LogP contribution in [0.4, 0.5) is 0 Å². The highest BCUT2D eigenvalue weighted by Gasteiger charge is 2.25. The highest BCUT2D eigenvalue weighted by Crippen LogP contribution is 2.16. The molecule has 1 amide bonds. The zero-order valence-electron chi connectivity index (χ0n) is 14.1. The number of hydrogen-bond acceptors (Lipinski definition) is 5. The lowest BCUT2D eigenvalue weighted by molar-refractivity contribution is 0.0499. The van der Waals surface area contributed by atoms with Crippen LogP contribution in [0.2, 0.25) is 0 Å². The molecule has 2 aromatic rings. The van der Waals surface area contributed by atoms with Crippen molar-refractivity contribution in [3.63, 3.8) is 0 Å². The van der Waals surface area contributed by atoms with Gasteiger partial charge in [0.1, 0.15) is 11.5 Å². The van der Waals surface area contributed by atoms with Gasteiger partial charge in [0.25, 0.3) is 5.91 Å². The first-order valence-electron chi connectivity index (χ1n) is 8.25. The zero-order chi connectivity index (χ0) is 16.9. The molecule has 0 radical (unpaired) electrons. The first-order valence-corrected chi connectivity index (χ1v) is 8.25. The molecule has 1 saturated heterocycles. The minimum Gasteiger partial charge on any atom is -0.376 e. The Labute approximate surface area is 141 Å². The zero-order valence-corrected chi connectivity index (χ0v) is 14.1. The first-order chi connectivity index (χ1) is 11.6. The molecule has 24 heavy (non-hydrogen) atoms. The van der Waals surface area contributed by atoms with Gasteiger partial charge in [-0.3, -0.25) is 9.78 Å². The number of aromatic nitrogens is 3. The number of pyridine rings is 1. The molecule has 1 fully saturated rings. The van der Waals surface area contributed by atoms with E-state index < -0.39 is 0 Å². The van der Waals surface area contributed by atoms with Crippen LogP contribution < -0.4 is 0 Å². The second kappa shape index (κ2) is 7.49. The summed E-state index contributed by atoms with van der Waals surface area (Å²) in [5.74, 6) is 0.498. The maximum absolute atomic E-state index is 13.0. The molecular weight excluding hydrogens is 304 g/mol. The minimum absolute atomic E-state index is 0.0849. The van der Waals surface area contributed by atoms with Gasteiger partial charge in [-0.1, -0.05) is 6.07 Å². The van der Waals surface area contributed by atoms with Gasteiger partial charge in [0, 0.05) is 25.0 Å². The minimum atomic E-state index is -0.107. The average molecular weight is 326 g/mol. The highest BCUT2D eigenvalue weighted by molar-refractivity contribution is 5.92. The van der Waals surface area contributed by atoms with E-state index in [2.05, 4.69) is 15.0 Å². The first kappa shape index (κ1) is 16.5. The van der Waals surface area contributed by atoms with Crippen LogP contribution in [0, 0.1) is 13.8 Å². The molecule has 2 aromatic heterocycles. The fraction of sp³-hybridized carbons (Fsp3) is 0.444. The summed E-state index contributed by atoms with van der Waals surface area (Å²) in [6.07, 6.45) is 3.85. The molecule has 0 bridgehead atoms. The van der Waals surface area contributed by atoms with Gasteiger partial charge in [-0.2, -0.15) is 0 Å². The molecule has 0 N–H and O–H groups in total. The third-order valence-corrected chi connectivity index (χ3v) is 4.00. The predicted octanol–water partition coefficient (Wildman–Crippen LogP) is 2.31. The van der Waals surface area contributed by atoms with E-state index in [1.807, 2.05) is 25.1 Å². The number of carbonyl (C=O) groups is 1. The number of carbonyl (C=O) groups excluding carboxylic acids is 1. The fourth-order valence-corrected chi connectivity index (χ4v) is 2.93. The van der Waals surface area contributed by atoms with Crippen molar-refractivity contribution in [2.24, 2.45) is 0 Å². The number of rotatable bonds is 5. The van der Waals surface area contributed by atoms with Crippen molar-refractivity contribution in [2.45, 2.75) is 39.3 Å². The highest BCUT2D eigenvalue weighted by atomic mass is 16.5. The number of amides is 1. The number of hydrogen-bond donors (Lipinski definition) is 0. The van der Waals surface area contributed by atoms with E-state index in [1.165, 1.54) is 0 Å². The molecular formula is C18H22N4O2. The largest absolute Gasteiger partial charge is 0.376 e. The summed E-state index contributed by atoms with van der Waals surface area (Å²) in [6.45, 7) is 5.43. The second-order valence-electron chi connectivity index (χ2n) is 6.08. The summed E-state index contributed by atoms with van der Waals surface area (Å²) in [5.41, 5.74) is 2.07. The fourth-order valence-electron chi connectivity index (χ4n) is 2.93. The third-order valence-electron chi connectivity index (χ3n) is 4.00. The van der Waals surface area contributed by atoms with Crippen molar-refractivity contribution in [3.8, 4) is 0 Å². The van der Waals surface area contributed by atoms with Crippen LogP contribution in [0.1, 0.15) is 40.5 Å². The topological polar surface area (TPSA) is 68.2 Å². The molecule has 6 heteroatoms. The summed E-state index contributed by atoms with van der Waals surface area (Å²) in [7, 11) is 0. The van der Waals surface area contributed by atoms with Crippen molar-refractivity contribution < 1.29 is 9.53 Å². The number of ether oxygens (including phenoxy) is 1. The normalized spacial score (nSPS) is 17.0. The molecule has 0 unspecified atom stereocenters. The Bertz CT molecular complexity index is 679. The van der Waals surface area contributed by atoms with Crippen molar-refractivity contribution in [1.82, 2.24) is 19.9 Å². The van der Waals surface area contributed by atoms with Crippen LogP contribution in [0.25, 0.3) is 0 Å². The smallest absolute Gasteiger partial charge is 0.273 e. The van der Waals surface area contributed by atoms with Crippen LogP contribution in [0.5, 0.6) is 0 Å². The Morgan fingerprint density at radius 1 is 1.33 bits per heavy atom. The molecule has 0 saturated carbocycles. The van der Waals surface area contributed by atoms with E-state index in [1.54, 1.807) is 24.1 Å². The van der Waals surface area contributed by atoms with Gasteiger partial charge in [-0.25, -0.2) is 9.97 Å². The van der Waals surface area contributed by atoms with Gasteiger partial charge < -0.3 is 9.64 Å². The maximum Gasteiger partial charge on any atom is 0.273 e. The van der Waals surface area contributed by atoms with Gasteiger partial charge in [-0.15, -0.1) is 0 Å². The summed E-state index contributed by atoms with van der Waals surface area (Å²) >= 11 is 0. The molecule has 3 rings (SSSR count). The maximum atomic E-state index is 13.0. The lowest BCUT2D eigenvalue weighted by atomic mass is 10.2. The van der Waals surface area contributed by atoms with Crippen molar-refractivity contribution in [3.05, 3.63) is 53.4 Å². The molecule has 0 spiro atoms. The van der Waals surface area contributed by atoms with Gasteiger partial charge in [0.2, 0.25) is 0 Å². The lowest BCUT2D eigenvalue weighted by Crippen LogP contribution is -2.37. The van der Waals surface area contributed by atoms with Gasteiger partial charge in [0.15, 0.2) is 0 Å². The van der Waals surface area contributed by atoms with E-state index in [9.17, 15) is 4.79 Å². The lowest BCUT2D eigenvalue weighted by Gasteiger charge is -2.25. The molecule has 3 heterocycles. The molecule has 1 aliphatic rings. The summed E-state index contributed by atoms with van der Waals surface area (Å²) < 4.78 is 5.71. The van der Waals surface area contributed by atoms with E-state index in [-0.39, 0.29) is 12.0 Å². The van der Waals surface area contributed by atoms with Crippen LogP contribution in [0.3, 0.4) is 0 Å². The SMILES string of the molecule is Cc1cc(C(=O)N(Cc2ccccn2)C[C@@H]2CCCO2)nc(C)n1. The Morgan fingerprint density at radius 3 is 2.88 bits per heavy atom. The van der Waals surface area contributed by atoms with Gasteiger partial charge in [0.05, 0.1) is 18.3 Å². The third kappa shape index (κ3) is 4.14. The Balaban J connectivity index is 1.83.